The van der Waals surface area contributed by atoms with Gasteiger partial charge in [0.05, 0.1) is 0 Å². The van der Waals surface area contributed by atoms with Crippen molar-refractivity contribution in [3.63, 3.8) is 0 Å². The summed E-state index contributed by atoms with van der Waals surface area (Å²) in [4.78, 5) is 0. The molecule has 5 rings (SSSR count). The summed E-state index contributed by atoms with van der Waals surface area (Å²) in [6.07, 6.45) is 0. The Labute approximate surface area is 153 Å². The number of fused-ring (bicyclic) bond motifs is 2. The molecule has 0 aliphatic carbocycles. The zero-order valence-electron chi connectivity index (χ0n) is 14.1. The molecule has 1 aliphatic rings. The van der Waals surface area contributed by atoms with Crippen molar-refractivity contribution in [2.24, 2.45) is 0 Å². The number of nitrogens with zero attached hydrogens (tertiary/aromatic N) is 4. The molecule has 7 nitrogen and oxygen atoms in total. The first-order valence-corrected chi connectivity index (χ1v) is 8.37. The van der Waals surface area contributed by atoms with Gasteiger partial charge in [0.15, 0.2) is 23.0 Å². The van der Waals surface area contributed by atoms with Gasteiger partial charge in [0.1, 0.15) is 11.6 Å². The maximum atomic E-state index is 13.2. The number of hydrogen-bond acceptors (Lipinski definition) is 6. The minimum atomic E-state index is -0.299. The Bertz CT molecular complexity index is 1130. The molecule has 134 valence electrons. The number of rotatable bonds is 4. The van der Waals surface area contributed by atoms with Gasteiger partial charge in [-0.3, -0.25) is 0 Å². The summed E-state index contributed by atoms with van der Waals surface area (Å²) >= 11 is 0. The first-order chi connectivity index (χ1) is 13.3. The van der Waals surface area contributed by atoms with E-state index in [1.54, 1.807) is 16.6 Å². The highest BCUT2D eigenvalue weighted by Crippen LogP contribution is 2.32. The van der Waals surface area contributed by atoms with Crippen molar-refractivity contribution in [3.8, 4) is 22.9 Å². The Morgan fingerprint density at radius 3 is 2.70 bits per heavy atom. The Morgan fingerprint density at radius 2 is 1.81 bits per heavy atom. The van der Waals surface area contributed by atoms with Crippen molar-refractivity contribution in [2.45, 2.75) is 6.54 Å². The van der Waals surface area contributed by atoms with Gasteiger partial charge in [-0.05, 0) is 54.1 Å². The molecular formula is C19H14FN5O2. The molecule has 3 heterocycles. The molecule has 2 aromatic carbocycles. The highest BCUT2D eigenvalue weighted by Gasteiger charge is 2.13. The minimum Gasteiger partial charge on any atom is -0.454 e. The van der Waals surface area contributed by atoms with Crippen LogP contribution in [0.3, 0.4) is 0 Å². The van der Waals surface area contributed by atoms with Gasteiger partial charge in [-0.25, -0.2) is 4.39 Å². The molecule has 8 heteroatoms. The lowest BCUT2D eigenvalue weighted by Crippen LogP contribution is -2.04. The number of aromatic nitrogens is 4. The van der Waals surface area contributed by atoms with Crippen LogP contribution in [0.15, 0.2) is 54.6 Å². The van der Waals surface area contributed by atoms with Crippen LogP contribution in [0.25, 0.3) is 17.0 Å². The van der Waals surface area contributed by atoms with E-state index < -0.39 is 0 Å². The van der Waals surface area contributed by atoms with Gasteiger partial charge in [-0.1, -0.05) is 6.07 Å². The van der Waals surface area contributed by atoms with E-state index >= 15 is 0 Å². The highest BCUT2D eigenvalue weighted by atomic mass is 19.1. The smallest absolute Gasteiger partial charge is 0.231 e. The maximum Gasteiger partial charge on any atom is 0.231 e. The third-order valence-electron chi connectivity index (χ3n) is 4.28. The molecule has 0 saturated heterocycles. The average Bonchev–Trinajstić information content (AvgIpc) is 3.33. The lowest BCUT2D eigenvalue weighted by atomic mass is 10.2. The zero-order chi connectivity index (χ0) is 18.2. The molecule has 0 saturated carbocycles. The maximum absolute atomic E-state index is 13.2. The van der Waals surface area contributed by atoms with Crippen molar-refractivity contribution < 1.29 is 13.9 Å². The topological polar surface area (TPSA) is 73.6 Å². The summed E-state index contributed by atoms with van der Waals surface area (Å²) in [5.41, 5.74) is 2.40. The minimum absolute atomic E-state index is 0.254. The number of benzene rings is 2. The van der Waals surface area contributed by atoms with E-state index in [0.717, 1.165) is 22.6 Å². The van der Waals surface area contributed by atoms with E-state index in [4.69, 9.17) is 9.47 Å². The Hall–Kier alpha value is -3.68. The van der Waals surface area contributed by atoms with Crippen LogP contribution < -0.4 is 14.8 Å². The second kappa shape index (κ2) is 6.24. The summed E-state index contributed by atoms with van der Waals surface area (Å²) in [5.74, 6) is 2.42. The molecule has 2 aromatic heterocycles. The second-order valence-electron chi connectivity index (χ2n) is 6.06. The van der Waals surface area contributed by atoms with Crippen LogP contribution in [0.2, 0.25) is 0 Å². The highest BCUT2D eigenvalue weighted by molar-refractivity contribution is 5.59. The molecule has 0 amide bonds. The van der Waals surface area contributed by atoms with Crippen LogP contribution in [0.1, 0.15) is 5.56 Å². The van der Waals surface area contributed by atoms with E-state index in [9.17, 15) is 4.39 Å². The fraction of sp³-hybridized carbons (Fsp3) is 0.105. The van der Waals surface area contributed by atoms with Crippen molar-refractivity contribution >= 4 is 11.5 Å². The molecule has 1 aliphatic heterocycles. The van der Waals surface area contributed by atoms with Gasteiger partial charge in [0.25, 0.3) is 0 Å². The third kappa shape index (κ3) is 2.91. The lowest BCUT2D eigenvalue weighted by molar-refractivity contribution is 0.174. The summed E-state index contributed by atoms with van der Waals surface area (Å²) in [7, 11) is 0. The Kier molecular flexibility index (Phi) is 3.60. The van der Waals surface area contributed by atoms with Gasteiger partial charge >= 0.3 is 0 Å². The van der Waals surface area contributed by atoms with Crippen LogP contribution in [-0.2, 0) is 6.54 Å². The van der Waals surface area contributed by atoms with Gasteiger partial charge in [-0.2, -0.15) is 4.52 Å². The molecule has 1 N–H and O–H groups in total. The molecule has 0 fully saturated rings. The van der Waals surface area contributed by atoms with Crippen LogP contribution in [0.5, 0.6) is 11.5 Å². The van der Waals surface area contributed by atoms with Crippen molar-refractivity contribution in [3.05, 3.63) is 66.0 Å². The number of anilines is 1. The van der Waals surface area contributed by atoms with E-state index in [0.29, 0.717) is 23.8 Å². The predicted molar refractivity (Wildman–Crippen MR) is 96.1 cm³/mol. The van der Waals surface area contributed by atoms with Crippen molar-refractivity contribution in [1.29, 1.82) is 0 Å². The van der Waals surface area contributed by atoms with Gasteiger partial charge in [0, 0.05) is 12.1 Å². The number of nitrogens with one attached hydrogen (secondary N) is 1. The molecule has 0 unspecified atom stereocenters. The quantitative estimate of drug-likeness (QED) is 0.600. The first kappa shape index (κ1) is 15.6. The van der Waals surface area contributed by atoms with Gasteiger partial charge < -0.3 is 14.8 Å². The van der Waals surface area contributed by atoms with Crippen LogP contribution in [0, 0.1) is 5.82 Å². The standard InChI is InChI=1S/C19H14FN5O2/c20-14-4-2-13(3-5-14)19-23-22-18-8-7-17(24-25(18)19)21-10-12-1-6-15-16(9-12)27-11-26-15/h1-9H,10-11H2,(H,21,24). The third-order valence-corrected chi connectivity index (χ3v) is 4.28. The van der Waals surface area contributed by atoms with E-state index in [1.807, 2.05) is 30.3 Å². The normalized spacial score (nSPS) is 12.5. The van der Waals surface area contributed by atoms with E-state index in [1.165, 1.54) is 12.1 Å². The monoisotopic (exact) mass is 363 g/mol. The molecule has 27 heavy (non-hydrogen) atoms. The summed E-state index contributed by atoms with van der Waals surface area (Å²) in [5, 5.41) is 16.1. The lowest BCUT2D eigenvalue weighted by Gasteiger charge is -2.07. The van der Waals surface area contributed by atoms with Gasteiger partial charge in [-0.15, -0.1) is 15.3 Å². The summed E-state index contributed by atoms with van der Waals surface area (Å²) in [6, 6.07) is 15.6. The van der Waals surface area contributed by atoms with E-state index in [-0.39, 0.29) is 12.6 Å². The molecule has 0 radical (unpaired) electrons. The molecule has 0 spiro atoms. The van der Waals surface area contributed by atoms with Crippen molar-refractivity contribution in [2.75, 3.05) is 12.1 Å². The number of halogens is 1. The number of ether oxygens (including phenoxy) is 2. The summed E-state index contributed by atoms with van der Waals surface area (Å²) in [6.45, 7) is 0.827. The molecule has 0 atom stereocenters. The largest absolute Gasteiger partial charge is 0.454 e. The number of hydrogen-bond donors (Lipinski definition) is 1. The predicted octanol–water partition coefficient (Wildman–Crippen LogP) is 3.27. The molecule has 0 bridgehead atoms. The van der Waals surface area contributed by atoms with Crippen LogP contribution in [0.4, 0.5) is 10.2 Å². The van der Waals surface area contributed by atoms with Crippen molar-refractivity contribution in [1.82, 2.24) is 19.8 Å². The Morgan fingerprint density at radius 1 is 0.963 bits per heavy atom. The zero-order valence-corrected chi connectivity index (χ0v) is 14.1. The summed E-state index contributed by atoms with van der Waals surface area (Å²) < 4.78 is 25.5. The molecule has 4 aromatic rings. The van der Waals surface area contributed by atoms with Gasteiger partial charge in [0.2, 0.25) is 6.79 Å². The van der Waals surface area contributed by atoms with Crippen LogP contribution >= 0.6 is 0 Å². The van der Waals surface area contributed by atoms with Crippen LogP contribution in [-0.4, -0.2) is 26.6 Å². The molecular weight excluding hydrogens is 349 g/mol. The second-order valence-corrected chi connectivity index (χ2v) is 6.06. The van der Waals surface area contributed by atoms with E-state index in [2.05, 4.69) is 20.6 Å². The fourth-order valence-corrected chi connectivity index (χ4v) is 2.91. The SMILES string of the molecule is Fc1ccc(-c2nnc3ccc(NCc4ccc5c(c4)OCO5)nn23)cc1. The average molecular weight is 363 g/mol. The Balaban J connectivity index is 1.41. The fourth-order valence-electron chi connectivity index (χ4n) is 2.91. The first-order valence-electron chi connectivity index (χ1n) is 8.37.